The molecule has 0 bridgehead atoms. The number of aromatic amines is 1. The van der Waals surface area contributed by atoms with Crippen LogP contribution in [-0.2, 0) is 18.4 Å². The van der Waals surface area contributed by atoms with E-state index in [9.17, 15) is 27.2 Å². The van der Waals surface area contributed by atoms with E-state index in [0.29, 0.717) is 16.6 Å². The Bertz CT molecular complexity index is 1490. The highest BCUT2D eigenvalue weighted by Crippen LogP contribution is 2.35. The lowest BCUT2D eigenvalue weighted by molar-refractivity contribution is 0.0319. The number of fused-ring (bicyclic) bond motifs is 4. The largest absolute Gasteiger partial charge is 0.373 e. The third-order valence-electron chi connectivity index (χ3n) is 6.13. The minimum absolute atomic E-state index is 0.0144. The molecule has 1 unspecified atom stereocenters. The van der Waals surface area contributed by atoms with E-state index in [1.165, 1.54) is 29.6 Å². The fourth-order valence-corrected chi connectivity index (χ4v) is 4.36. The van der Waals surface area contributed by atoms with E-state index in [4.69, 9.17) is 4.74 Å². The lowest BCUT2D eigenvalue weighted by Crippen LogP contribution is -2.39. The van der Waals surface area contributed by atoms with Gasteiger partial charge in [-0.25, -0.2) is 17.6 Å². The third-order valence-corrected chi connectivity index (χ3v) is 6.13. The Kier molecular flexibility index (Phi) is 4.78. The summed E-state index contributed by atoms with van der Waals surface area (Å²) in [6.45, 7) is 0.102. The predicted molar refractivity (Wildman–Crippen MR) is 112 cm³/mol. The van der Waals surface area contributed by atoms with Crippen molar-refractivity contribution in [3.8, 4) is 0 Å². The van der Waals surface area contributed by atoms with Crippen LogP contribution in [-0.4, -0.2) is 34.0 Å². The van der Waals surface area contributed by atoms with Gasteiger partial charge >= 0.3 is 0 Å². The van der Waals surface area contributed by atoms with Crippen LogP contribution in [0.1, 0.15) is 27.8 Å². The second kappa shape index (κ2) is 7.45. The maximum Gasteiger partial charge on any atom is 0.270 e. The molecule has 3 heterocycles. The molecule has 5 rings (SSSR count). The summed E-state index contributed by atoms with van der Waals surface area (Å²) in [5.74, 6) is -4.86. The SMILES string of the molecule is CN(C(=O)c1cc2cc(F)c(F)cc2[nH]1)C1COCc2c1c1cc(F)c(F)cc1c(=O)n2C. The van der Waals surface area contributed by atoms with Gasteiger partial charge in [0.2, 0.25) is 0 Å². The van der Waals surface area contributed by atoms with Crippen LogP contribution in [0.15, 0.2) is 35.1 Å². The molecular weight excluding hydrogens is 442 g/mol. The van der Waals surface area contributed by atoms with Gasteiger partial charge in [0.05, 0.1) is 30.3 Å². The minimum Gasteiger partial charge on any atom is -0.373 e. The monoisotopic (exact) mass is 459 g/mol. The number of hydrogen-bond donors (Lipinski definition) is 1. The van der Waals surface area contributed by atoms with Crippen LogP contribution in [0, 0.1) is 23.3 Å². The zero-order valence-electron chi connectivity index (χ0n) is 17.5. The van der Waals surface area contributed by atoms with Crippen molar-refractivity contribution >= 4 is 27.6 Å². The molecule has 0 spiro atoms. The maximum atomic E-state index is 14.1. The molecule has 0 saturated heterocycles. The van der Waals surface area contributed by atoms with Gasteiger partial charge < -0.3 is 19.2 Å². The van der Waals surface area contributed by atoms with Gasteiger partial charge in [0, 0.05) is 36.6 Å². The first-order valence-corrected chi connectivity index (χ1v) is 10.0. The van der Waals surface area contributed by atoms with Crippen LogP contribution >= 0.6 is 0 Å². The maximum absolute atomic E-state index is 14.1. The van der Waals surface area contributed by atoms with E-state index in [1.54, 1.807) is 0 Å². The molecule has 0 radical (unpaired) electrons. The Morgan fingerprint density at radius 2 is 1.67 bits per heavy atom. The first kappa shape index (κ1) is 21.2. The molecule has 10 heteroatoms. The number of benzene rings is 2. The summed E-state index contributed by atoms with van der Waals surface area (Å²) in [7, 11) is 2.99. The summed E-state index contributed by atoms with van der Waals surface area (Å²) in [5, 5.41) is 0.497. The molecule has 1 aliphatic heterocycles. The molecule has 170 valence electrons. The van der Waals surface area contributed by atoms with E-state index < -0.39 is 40.8 Å². The molecule has 33 heavy (non-hydrogen) atoms. The summed E-state index contributed by atoms with van der Waals surface area (Å²) in [6, 6.07) is 4.41. The highest BCUT2D eigenvalue weighted by atomic mass is 19.2. The van der Waals surface area contributed by atoms with Crippen LogP contribution in [0.2, 0.25) is 0 Å². The van der Waals surface area contributed by atoms with E-state index in [1.807, 2.05) is 0 Å². The molecule has 2 aromatic heterocycles. The summed E-state index contributed by atoms with van der Waals surface area (Å²) < 4.78 is 62.1. The number of nitrogens with one attached hydrogen (secondary N) is 1. The Hall–Kier alpha value is -3.66. The van der Waals surface area contributed by atoms with Crippen LogP contribution in [0.4, 0.5) is 17.6 Å². The zero-order chi connectivity index (χ0) is 23.6. The minimum atomic E-state index is -1.15. The molecule has 6 nitrogen and oxygen atoms in total. The second-order valence-electron chi connectivity index (χ2n) is 8.02. The molecule has 4 aromatic rings. The van der Waals surface area contributed by atoms with Crippen molar-refractivity contribution in [3.63, 3.8) is 0 Å². The standard InChI is InChI=1S/C23H17F4N3O3/c1-29-19-8-33-9-20(21(19)11-5-14(25)15(26)6-12(11)22(29)31)30(2)23(32)18-4-10-3-13(24)16(27)7-17(10)28-18/h3-7,20,28H,8-9H2,1-2H3. The summed E-state index contributed by atoms with van der Waals surface area (Å²) in [4.78, 5) is 30.1. The molecule has 2 aromatic carbocycles. The number of amides is 1. The Morgan fingerprint density at radius 1 is 1.03 bits per heavy atom. The number of likely N-dealkylation sites (N-methyl/N-ethyl adjacent to an activating group) is 1. The number of ether oxygens (including phenoxy) is 1. The van der Waals surface area contributed by atoms with Crippen molar-refractivity contribution in [2.24, 2.45) is 7.05 Å². The number of carbonyl (C=O) groups excluding carboxylic acids is 1. The number of rotatable bonds is 2. The van der Waals surface area contributed by atoms with Gasteiger partial charge in [0.1, 0.15) is 5.69 Å². The quantitative estimate of drug-likeness (QED) is 0.462. The van der Waals surface area contributed by atoms with Crippen LogP contribution in [0.25, 0.3) is 21.7 Å². The Balaban J connectivity index is 1.64. The summed E-state index contributed by atoms with van der Waals surface area (Å²) in [6.07, 6.45) is 0. The number of H-pyrrole nitrogens is 1. The van der Waals surface area contributed by atoms with Crippen molar-refractivity contribution < 1.29 is 27.1 Å². The molecule has 1 amide bonds. The lowest BCUT2D eigenvalue weighted by atomic mass is 9.95. The number of hydrogen-bond acceptors (Lipinski definition) is 3. The third kappa shape index (κ3) is 3.20. The fourth-order valence-electron chi connectivity index (χ4n) is 4.36. The Labute approximate surface area is 184 Å². The number of halogens is 4. The van der Waals surface area contributed by atoms with Crippen LogP contribution in [0.5, 0.6) is 0 Å². The highest BCUT2D eigenvalue weighted by molar-refractivity contribution is 5.98. The predicted octanol–water partition coefficient (Wildman–Crippen LogP) is 3.92. The number of aromatic nitrogens is 2. The van der Waals surface area contributed by atoms with Gasteiger partial charge in [-0.15, -0.1) is 0 Å². The van der Waals surface area contributed by atoms with Crippen molar-refractivity contribution in [1.29, 1.82) is 0 Å². The van der Waals surface area contributed by atoms with Gasteiger partial charge in [-0.3, -0.25) is 9.59 Å². The molecule has 0 saturated carbocycles. The van der Waals surface area contributed by atoms with Gasteiger partial charge in [-0.05, 0) is 29.7 Å². The number of nitrogens with zero attached hydrogens (tertiary/aromatic N) is 2. The molecule has 1 N–H and O–H groups in total. The highest BCUT2D eigenvalue weighted by Gasteiger charge is 2.33. The summed E-state index contributed by atoms with van der Waals surface area (Å²) in [5.41, 5.74) is 0.726. The van der Waals surface area contributed by atoms with Crippen molar-refractivity contribution in [1.82, 2.24) is 14.5 Å². The number of pyridine rings is 1. The van der Waals surface area contributed by atoms with Crippen molar-refractivity contribution in [3.05, 3.63) is 80.9 Å². The van der Waals surface area contributed by atoms with E-state index in [-0.39, 0.29) is 35.2 Å². The average molecular weight is 459 g/mol. The van der Waals surface area contributed by atoms with Crippen LogP contribution < -0.4 is 5.56 Å². The second-order valence-corrected chi connectivity index (χ2v) is 8.02. The average Bonchev–Trinajstić information content (AvgIpc) is 3.20. The van der Waals surface area contributed by atoms with Gasteiger partial charge in [-0.1, -0.05) is 0 Å². The number of carbonyl (C=O) groups is 1. The molecule has 0 fully saturated rings. The van der Waals surface area contributed by atoms with Crippen LogP contribution in [0.3, 0.4) is 0 Å². The first-order valence-electron chi connectivity index (χ1n) is 10.0. The smallest absolute Gasteiger partial charge is 0.270 e. The van der Waals surface area contributed by atoms with E-state index in [0.717, 1.165) is 24.3 Å². The lowest BCUT2D eigenvalue weighted by Gasteiger charge is -2.34. The fraction of sp³-hybridized carbons (Fsp3) is 0.217. The van der Waals surface area contributed by atoms with Gasteiger partial charge in [0.25, 0.3) is 11.5 Å². The molecular formula is C23H17F4N3O3. The normalized spacial score (nSPS) is 15.8. The van der Waals surface area contributed by atoms with E-state index >= 15 is 0 Å². The topological polar surface area (TPSA) is 67.3 Å². The molecule has 0 aliphatic carbocycles. The summed E-state index contributed by atoms with van der Waals surface area (Å²) >= 11 is 0. The van der Waals surface area contributed by atoms with E-state index in [2.05, 4.69) is 4.98 Å². The van der Waals surface area contributed by atoms with Gasteiger partial charge in [0.15, 0.2) is 23.3 Å². The zero-order valence-corrected chi connectivity index (χ0v) is 17.5. The van der Waals surface area contributed by atoms with Gasteiger partial charge in [-0.2, -0.15) is 0 Å². The molecule has 1 atom stereocenters. The van der Waals surface area contributed by atoms with Crippen molar-refractivity contribution in [2.45, 2.75) is 12.6 Å². The Morgan fingerprint density at radius 3 is 2.39 bits per heavy atom. The first-order chi connectivity index (χ1) is 15.7. The van der Waals surface area contributed by atoms with Crippen molar-refractivity contribution in [2.75, 3.05) is 13.7 Å². The molecule has 1 aliphatic rings.